The molecule has 2 aliphatic rings. The van der Waals surface area contributed by atoms with Gasteiger partial charge in [-0.05, 0) is 77.6 Å². The number of hydrogen-bond donors (Lipinski definition) is 1. The van der Waals surface area contributed by atoms with Gasteiger partial charge in [-0.2, -0.15) is 5.10 Å². The molecule has 0 radical (unpaired) electrons. The van der Waals surface area contributed by atoms with Gasteiger partial charge >= 0.3 is 12.1 Å². The van der Waals surface area contributed by atoms with Crippen molar-refractivity contribution in [1.82, 2.24) is 19.9 Å². The van der Waals surface area contributed by atoms with Gasteiger partial charge in [-0.25, -0.2) is 23.5 Å². The van der Waals surface area contributed by atoms with Crippen LogP contribution in [0.5, 0.6) is 5.75 Å². The largest absolute Gasteiger partial charge is 0.491 e. The van der Waals surface area contributed by atoms with Gasteiger partial charge in [0.15, 0.2) is 5.65 Å². The second kappa shape index (κ2) is 10.0. The summed E-state index contributed by atoms with van der Waals surface area (Å²) in [6.07, 6.45) is 4.44. The van der Waals surface area contributed by atoms with E-state index in [2.05, 4.69) is 15.3 Å². The van der Waals surface area contributed by atoms with E-state index in [-0.39, 0.29) is 25.1 Å². The van der Waals surface area contributed by atoms with Crippen molar-refractivity contribution in [2.75, 3.05) is 24.7 Å². The SMILES string of the molecule is CCOC(=O)c1cnn2ccc(N3CC[C@H]4C[C@]43c3cc(F)ccc3OCC(C)NC(=O)OC(C)(C)C)nc12. The van der Waals surface area contributed by atoms with E-state index in [1.54, 1.807) is 44.5 Å². The molecule has 1 N–H and O–H groups in total. The highest BCUT2D eigenvalue weighted by Gasteiger charge is 2.64. The van der Waals surface area contributed by atoms with Crippen LogP contribution in [0.25, 0.3) is 5.65 Å². The average molecular weight is 540 g/mol. The summed E-state index contributed by atoms with van der Waals surface area (Å²) in [4.78, 5) is 31.5. The number of piperidine rings is 1. The van der Waals surface area contributed by atoms with Gasteiger partial charge in [0.05, 0.1) is 24.4 Å². The van der Waals surface area contributed by atoms with Crippen LogP contribution in [0.3, 0.4) is 0 Å². The Kier molecular flexibility index (Phi) is 6.86. The van der Waals surface area contributed by atoms with Crippen LogP contribution in [0.15, 0.2) is 36.7 Å². The molecule has 1 aliphatic heterocycles. The fourth-order valence-electron chi connectivity index (χ4n) is 5.36. The Hall–Kier alpha value is -3.89. The molecule has 3 aromatic rings. The molecule has 1 unspecified atom stereocenters. The molecule has 3 atom stereocenters. The van der Waals surface area contributed by atoms with E-state index in [4.69, 9.17) is 19.2 Å². The molecule has 2 aromatic heterocycles. The number of carbonyl (C=O) groups is 2. The Morgan fingerprint density at radius 1 is 1.28 bits per heavy atom. The van der Waals surface area contributed by atoms with Gasteiger partial charge in [0.1, 0.15) is 35.2 Å². The molecule has 5 rings (SSSR count). The van der Waals surface area contributed by atoms with Gasteiger partial charge in [-0.1, -0.05) is 0 Å². The summed E-state index contributed by atoms with van der Waals surface area (Å²) in [7, 11) is 0. The van der Waals surface area contributed by atoms with Crippen LogP contribution in [0.4, 0.5) is 15.0 Å². The van der Waals surface area contributed by atoms with Gasteiger partial charge < -0.3 is 24.4 Å². The fourth-order valence-corrected chi connectivity index (χ4v) is 5.36. The molecule has 1 aliphatic carbocycles. The summed E-state index contributed by atoms with van der Waals surface area (Å²) in [6.45, 7) is 10.1. The third-order valence-corrected chi connectivity index (χ3v) is 7.04. The lowest BCUT2D eigenvalue weighted by molar-refractivity contribution is 0.0490. The Labute approximate surface area is 226 Å². The van der Waals surface area contributed by atoms with Crippen LogP contribution in [0.1, 0.15) is 63.4 Å². The zero-order chi connectivity index (χ0) is 27.9. The van der Waals surface area contributed by atoms with E-state index in [0.29, 0.717) is 28.7 Å². The number of nitrogens with one attached hydrogen (secondary N) is 1. The van der Waals surface area contributed by atoms with Crippen LogP contribution in [-0.2, 0) is 15.0 Å². The number of amides is 1. The van der Waals surface area contributed by atoms with Crippen LogP contribution < -0.4 is 15.0 Å². The minimum atomic E-state index is -0.605. The average Bonchev–Trinajstić information content (AvgIpc) is 3.24. The number of fused-ring (bicyclic) bond motifs is 2. The van der Waals surface area contributed by atoms with Crippen LogP contribution >= 0.6 is 0 Å². The van der Waals surface area contributed by atoms with Gasteiger partial charge in [0.25, 0.3) is 0 Å². The molecule has 10 nitrogen and oxygen atoms in total. The fraction of sp³-hybridized carbons (Fsp3) is 0.500. The molecule has 1 saturated heterocycles. The van der Waals surface area contributed by atoms with Crippen molar-refractivity contribution >= 4 is 23.5 Å². The maximum atomic E-state index is 14.6. The number of alkyl carbamates (subject to hydrolysis) is 1. The molecule has 1 aromatic carbocycles. The Bertz CT molecular complexity index is 1400. The summed E-state index contributed by atoms with van der Waals surface area (Å²) in [6, 6.07) is 6.06. The molecular formula is C28H34FN5O5. The van der Waals surface area contributed by atoms with Gasteiger partial charge in [-0.3, -0.25) is 0 Å². The summed E-state index contributed by atoms with van der Waals surface area (Å²) in [5, 5.41) is 7.00. The molecule has 0 spiro atoms. The normalized spacial score (nSPS) is 20.9. The van der Waals surface area contributed by atoms with Crippen molar-refractivity contribution in [1.29, 1.82) is 0 Å². The molecule has 11 heteroatoms. The molecule has 3 heterocycles. The first kappa shape index (κ1) is 26.7. The number of nitrogens with zero attached hydrogens (tertiary/aromatic N) is 4. The number of ether oxygens (including phenoxy) is 3. The highest BCUT2D eigenvalue weighted by Crippen LogP contribution is 2.64. The second-order valence-corrected chi connectivity index (χ2v) is 11.1. The van der Waals surface area contributed by atoms with E-state index in [1.807, 2.05) is 13.0 Å². The Balaban J connectivity index is 1.40. The number of rotatable bonds is 8. The lowest BCUT2D eigenvalue weighted by Crippen LogP contribution is -2.40. The van der Waals surface area contributed by atoms with Crippen molar-refractivity contribution < 1.29 is 28.2 Å². The third kappa shape index (κ3) is 5.22. The van der Waals surface area contributed by atoms with Crippen molar-refractivity contribution in [3.05, 3.63) is 53.6 Å². The summed E-state index contributed by atoms with van der Waals surface area (Å²) >= 11 is 0. The lowest BCUT2D eigenvalue weighted by atomic mass is 10.0. The minimum absolute atomic E-state index is 0.182. The lowest BCUT2D eigenvalue weighted by Gasteiger charge is -2.31. The number of benzene rings is 1. The number of aromatic nitrogens is 3. The maximum Gasteiger partial charge on any atom is 0.407 e. The number of hydrogen-bond acceptors (Lipinski definition) is 8. The monoisotopic (exact) mass is 539 g/mol. The van der Waals surface area contributed by atoms with Crippen LogP contribution in [-0.4, -0.2) is 58.1 Å². The molecule has 39 heavy (non-hydrogen) atoms. The topological polar surface area (TPSA) is 107 Å². The molecular weight excluding hydrogens is 505 g/mol. The highest BCUT2D eigenvalue weighted by molar-refractivity contribution is 5.95. The summed E-state index contributed by atoms with van der Waals surface area (Å²) in [5.41, 5.74) is 0.361. The molecule has 0 bridgehead atoms. The second-order valence-electron chi connectivity index (χ2n) is 11.1. The highest BCUT2D eigenvalue weighted by atomic mass is 19.1. The summed E-state index contributed by atoms with van der Waals surface area (Å²) < 4.78 is 32.8. The summed E-state index contributed by atoms with van der Waals surface area (Å²) in [5.74, 6) is 0.705. The zero-order valence-corrected chi connectivity index (χ0v) is 22.9. The predicted molar refractivity (Wildman–Crippen MR) is 141 cm³/mol. The van der Waals surface area contributed by atoms with Crippen molar-refractivity contribution in [2.45, 2.75) is 64.6 Å². The van der Waals surface area contributed by atoms with Gasteiger partial charge in [-0.15, -0.1) is 0 Å². The molecule has 1 amide bonds. The first-order valence-corrected chi connectivity index (χ1v) is 13.2. The number of carbonyl (C=O) groups excluding carboxylic acids is 2. The standard InChI is InChI=1S/C28H34FN5O5/c1-6-37-25(35)20-15-30-34-12-10-23(32-24(20)34)33-11-9-18-14-28(18,33)21-13-19(29)7-8-22(21)38-16-17(2)31-26(36)39-27(3,4)5/h7-8,10,12-13,15,17-18H,6,9,11,14,16H2,1-5H3,(H,31,36)/t17?,18-,28+/m0/s1. The van der Waals surface area contributed by atoms with E-state index < -0.39 is 23.2 Å². The van der Waals surface area contributed by atoms with E-state index in [9.17, 15) is 14.0 Å². The Morgan fingerprint density at radius 2 is 2.08 bits per heavy atom. The van der Waals surface area contributed by atoms with Crippen molar-refractivity contribution in [3.63, 3.8) is 0 Å². The van der Waals surface area contributed by atoms with E-state index >= 15 is 0 Å². The maximum absolute atomic E-state index is 14.6. The van der Waals surface area contributed by atoms with Crippen molar-refractivity contribution in [3.8, 4) is 5.75 Å². The quantitative estimate of drug-likeness (QED) is 0.418. The van der Waals surface area contributed by atoms with E-state index in [0.717, 1.165) is 24.9 Å². The third-order valence-electron chi connectivity index (χ3n) is 7.04. The predicted octanol–water partition coefficient (Wildman–Crippen LogP) is 4.46. The number of anilines is 1. The minimum Gasteiger partial charge on any atom is -0.491 e. The van der Waals surface area contributed by atoms with Gasteiger partial charge in [0.2, 0.25) is 0 Å². The first-order valence-electron chi connectivity index (χ1n) is 13.2. The molecule has 208 valence electrons. The van der Waals surface area contributed by atoms with E-state index in [1.165, 1.54) is 18.3 Å². The van der Waals surface area contributed by atoms with Crippen LogP contribution in [0, 0.1) is 11.7 Å². The van der Waals surface area contributed by atoms with Crippen LogP contribution in [0.2, 0.25) is 0 Å². The number of esters is 1. The molecule has 1 saturated carbocycles. The van der Waals surface area contributed by atoms with Gasteiger partial charge in [0, 0.05) is 18.3 Å². The smallest absolute Gasteiger partial charge is 0.407 e. The zero-order valence-electron chi connectivity index (χ0n) is 22.9. The number of halogens is 1. The first-order chi connectivity index (χ1) is 18.5. The van der Waals surface area contributed by atoms with Crippen molar-refractivity contribution in [2.24, 2.45) is 5.92 Å². The molecule has 2 fully saturated rings. The Morgan fingerprint density at radius 3 is 2.79 bits per heavy atom.